The van der Waals surface area contributed by atoms with Crippen LogP contribution in [-0.2, 0) is 17.9 Å². The van der Waals surface area contributed by atoms with Crippen LogP contribution >= 0.6 is 34.8 Å². The Morgan fingerprint density at radius 3 is 2.30 bits per heavy atom. The van der Waals surface area contributed by atoms with Crippen LogP contribution in [0.25, 0.3) is 0 Å². The molecule has 13 heteroatoms. The summed E-state index contributed by atoms with van der Waals surface area (Å²) in [5.41, 5.74) is -1.13. The molecule has 0 bridgehead atoms. The Kier molecular flexibility index (Phi) is 6.89. The fraction of sp³-hybridized carbons (Fsp3) is 0.235. The number of carbonyl (C=O) groups excluding carboxylic acids is 1. The highest BCUT2D eigenvalue weighted by molar-refractivity contribution is 6.33. The number of halogens is 7. The third-order valence-electron chi connectivity index (χ3n) is 3.90. The van der Waals surface area contributed by atoms with E-state index in [1.54, 1.807) is 24.3 Å². The van der Waals surface area contributed by atoms with Crippen LogP contribution in [0.15, 0.2) is 30.5 Å². The predicted octanol–water partition coefficient (Wildman–Crippen LogP) is 5.60. The summed E-state index contributed by atoms with van der Waals surface area (Å²) < 4.78 is 54.0. The lowest BCUT2D eigenvalue weighted by Crippen LogP contribution is -2.21. The first-order valence-corrected chi connectivity index (χ1v) is 9.38. The monoisotopic (exact) mass is 483 g/mol. The van der Waals surface area contributed by atoms with E-state index in [2.05, 4.69) is 15.5 Å². The molecule has 1 N–H and O–H groups in total. The molecule has 0 fully saturated rings. The Hall–Kier alpha value is -2.30. The van der Waals surface area contributed by atoms with E-state index in [-0.39, 0.29) is 10.8 Å². The summed E-state index contributed by atoms with van der Waals surface area (Å²) in [5, 5.41) is 9.57. The van der Waals surface area contributed by atoms with Crippen LogP contribution in [0.2, 0.25) is 15.1 Å². The highest BCUT2D eigenvalue weighted by Crippen LogP contribution is 2.34. The minimum absolute atomic E-state index is 0.0263. The van der Waals surface area contributed by atoms with Crippen molar-refractivity contribution in [2.45, 2.75) is 25.9 Å². The second kappa shape index (κ2) is 9.23. The fourth-order valence-corrected chi connectivity index (χ4v) is 3.21. The molecule has 30 heavy (non-hydrogen) atoms. The first-order chi connectivity index (χ1) is 14.2. The third-order valence-corrected chi connectivity index (χ3v) is 4.81. The number of nitrogens with zero attached hydrogens (tertiary/aromatic N) is 4. The number of hydrogen-bond acceptors (Lipinski definition) is 3. The van der Waals surface area contributed by atoms with E-state index < -0.39 is 41.7 Å². The molecular formula is C17H12Cl3F4N5O. The van der Waals surface area contributed by atoms with Crippen molar-refractivity contribution in [1.82, 2.24) is 19.6 Å². The molecular weight excluding hydrogens is 473 g/mol. The van der Waals surface area contributed by atoms with Crippen LogP contribution in [0.1, 0.15) is 29.8 Å². The Morgan fingerprint density at radius 2 is 1.70 bits per heavy atom. The average Bonchev–Trinajstić information content (AvgIpc) is 3.16. The number of amides is 1. The predicted molar refractivity (Wildman–Crippen MR) is 104 cm³/mol. The van der Waals surface area contributed by atoms with Crippen molar-refractivity contribution in [3.8, 4) is 0 Å². The highest BCUT2D eigenvalue weighted by atomic mass is 35.5. The Balaban J connectivity index is 1.73. The summed E-state index contributed by atoms with van der Waals surface area (Å²) in [5.74, 6) is -0.878. The fourth-order valence-electron chi connectivity index (χ4n) is 2.59. The van der Waals surface area contributed by atoms with Crippen LogP contribution in [0.3, 0.4) is 0 Å². The van der Waals surface area contributed by atoms with Crippen molar-refractivity contribution in [3.63, 3.8) is 0 Å². The molecule has 3 aromatic rings. The van der Waals surface area contributed by atoms with Gasteiger partial charge in [0.2, 0.25) is 5.91 Å². The number of aromatic nitrogens is 4. The van der Waals surface area contributed by atoms with Gasteiger partial charge in [-0.05, 0) is 17.7 Å². The van der Waals surface area contributed by atoms with Crippen molar-refractivity contribution < 1.29 is 22.4 Å². The molecule has 0 spiro atoms. The Bertz CT molecular complexity index is 1050. The number of benzene rings is 1. The summed E-state index contributed by atoms with van der Waals surface area (Å²) in [4.78, 5) is 12.2. The van der Waals surface area contributed by atoms with Gasteiger partial charge in [-0.3, -0.25) is 14.2 Å². The third kappa shape index (κ3) is 5.05. The first-order valence-electron chi connectivity index (χ1n) is 8.25. The van der Waals surface area contributed by atoms with E-state index in [0.29, 0.717) is 16.2 Å². The van der Waals surface area contributed by atoms with Gasteiger partial charge in [0, 0.05) is 11.2 Å². The maximum absolute atomic E-state index is 13.2. The SMILES string of the molecule is O=C(Cn1nc(C(F)F)c(Cl)c1C(F)F)Nc1nn(Cc2ccc(Cl)cc2)cc1Cl. The van der Waals surface area contributed by atoms with Crippen molar-refractivity contribution in [1.29, 1.82) is 0 Å². The zero-order valence-electron chi connectivity index (χ0n) is 14.8. The number of anilines is 1. The summed E-state index contributed by atoms with van der Waals surface area (Å²) in [6.07, 6.45) is -4.92. The van der Waals surface area contributed by atoms with Gasteiger partial charge in [0.05, 0.1) is 11.6 Å². The van der Waals surface area contributed by atoms with E-state index in [4.69, 9.17) is 34.8 Å². The van der Waals surface area contributed by atoms with Gasteiger partial charge in [0.25, 0.3) is 12.9 Å². The van der Waals surface area contributed by atoms with Crippen LogP contribution in [-0.4, -0.2) is 25.5 Å². The summed E-state index contributed by atoms with van der Waals surface area (Å²) in [7, 11) is 0. The van der Waals surface area contributed by atoms with Gasteiger partial charge in [-0.15, -0.1) is 0 Å². The zero-order valence-corrected chi connectivity index (χ0v) is 17.1. The molecule has 0 saturated carbocycles. The van der Waals surface area contributed by atoms with Gasteiger partial charge >= 0.3 is 0 Å². The summed E-state index contributed by atoms with van der Waals surface area (Å²) in [6.45, 7) is -0.457. The van der Waals surface area contributed by atoms with E-state index >= 15 is 0 Å². The maximum Gasteiger partial charge on any atom is 0.283 e. The lowest BCUT2D eigenvalue weighted by atomic mass is 10.2. The highest BCUT2D eigenvalue weighted by Gasteiger charge is 2.28. The summed E-state index contributed by atoms with van der Waals surface area (Å²) >= 11 is 17.4. The second-order valence-corrected chi connectivity index (χ2v) is 7.26. The van der Waals surface area contributed by atoms with Gasteiger partial charge in [-0.1, -0.05) is 46.9 Å². The molecule has 160 valence electrons. The molecule has 2 heterocycles. The number of alkyl halides is 4. The van der Waals surface area contributed by atoms with E-state index in [1.807, 2.05) is 0 Å². The number of hydrogen-bond donors (Lipinski definition) is 1. The number of nitrogens with one attached hydrogen (secondary N) is 1. The maximum atomic E-state index is 13.2. The normalized spacial score (nSPS) is 11.5. The molecule has 1 amide bonds. The van der Waals surface area contributed by atoms with Gasteiger partial charge in [0.1, 0.15) is 23.0 Å². The molecule has 2 aromatic heterocycles. The van der Waals surface area contributed by atoms with Crippen LogP contribution in [0.5, 0.6) is 0 Å². The van der Waals surface area contributed by atoms with Gasteiger partial charge in [0.15, 0.2) is 5.82 Å². The standard InChI is InChI=1S/C17H12Cl3F4N5O/c18-9-3-1-8(2-4-9)5-28-6-10(19)17(27-28)25-11(30)7-29-14(16(23)24)12(20)13(26-29)15(21)22/h1-4,6,15-16H,5,7H2,(H,25,27,30). The number of carbonyl (C=O) groups is 1. The molecule has 0 radical (unpaired) electrons. The Morgan fingerprint density at radius 1 is 1.03 bits per heavy atom. The van der Waals surface area contributed by atoms with Gasteiger partial charge in [-0.2, -0.15) is 10.2 Å². The minimum atomic E-state index is -3.20. The van der Waals surface area contributed by atoms with Crippen LogP contribution in [0, 0.1) is 0 Å². The van der Waals surface area contributed by atoms with E-state index in [1.165, 1.54) is 10.9 Å². The molecule has 0 unspecified atom stereocenters. The molecule has 3 rings (SSSR count). The molecule has 0 aliphatic carbocycles. The second-order valence-electron chi connectivity index (χ2n) is 6.04. The molecule has 1 aromatic carbocycles. The smallest absolute Gasteiger partial charge is 0.283 e. The van der Waals surface area contributed by atoms with Crippen molar-refractivity contribution in [3.05, 3.63) is 62.5 Å². The first kappa shape index (κ1) is 22.4. The minimum Gasteiger partial charge on any atom is -0.306 e. The van der Waals surface area contributed by atoms with Crippen LogP contribution in [0.4, 0.5) is 23.4 Å². The van der Waals surface area contributed by atoms with Gasteiger partial charge in [-0.25, -0.2) is 17.6 Å². The van der Waals surface area contributed by atoms with E-state index in [0.717, 1.165) is 5.56 Å². The number of rotatable bonds is 7. The largest absolute Gasteiger partial charge is 0.306 e. The molecule has 0 aliphatic heterocycles. The van der Waals surface area contributed by atoms with E-state index in [9.17, 15) is 22.4 Å². The zero-order chi connectivity index (χ0) is 22.0. The quantitative estimate of drug-likeness (QED) is 0.444. The van der Waals surface area contributed by atoms with Crippen molar-refractivity contribution in [2.75, 3.05) is 5.32 Å². The average molecular weight is 485 g/mol. The molecule has 6 nitrogen and oxygen atoms in total. The summed E-state index contributed by atoms with van der Waals surface area (Å²) in [6, 6.07) is 6.97. The topological polar surface area (TPSA) is 64.7 Å². The lowest BCUT2D eigenvalue weighted by molar-refractivity contribution is -0.117. The molecule has 0 saturated heterocycles. The molecule has 0 atom stereocenters. The van der Waals surface area contributed by atoms with Crippen LogP contribution < -0.4 is 5.32 Å². The van der Waals surface area contributed by atoms with Crippen molar-refractivity contribution in [2.24, 2.45) is 0 Å². The van der Waals surface area contributed by atoms with Crippen molar-refractivity contribution >= 4 is 46.5 Å². The lowest BCUT2D eigenvalue weighted by Gasteiger charge is -2.07. The molecule has 0 aliphatic rings. The van der Waals surface area contributed by atoms with Gasteiger partial charge < -0.3 is 5.32 Å². The Labute approximate surface area is 182 Å².